The normalized spacial score (nSPS) is 12.0. The van der Waals surface area contributed by atoms with Gasteiger partial charge in [-0.05, 0) is 17.8 Å². The average Bonchev–Trinajstić information content (AvgIpc) is 2.71. The van der Waals surface area contributed by atoms with Crippen molar-refractivity contribution < 1.29 is 37.5 Å². The molecule has 0 saturated heterocycles. The third-order valence-electron chi connectivity index (χ3n) is 2.59. The van der Waals surface area contributed by atoms with E-state index in [1.165, 1.54) is 5.56 Å². The maximum absolute atomic E-state index is 11.5. The van der Waals surface area contributed by atoms with E-state index < -0.39 is 0 Å². The van der Waals surface area contributed by atoms with Crippen LogP contribution in [0.3, 0.4) is 0 Å². The Morgan fingerprint density at radius 3 is 2.71 bits per heavy atom. The van der Waals surface area contributed by atoms with Crippen molar-refractivity contribution in [3.63, 3.8) is 0 Å². The summed E-state index contributed by atoms with van der Waals surface area (Å²) in [5.74, 6) is 0.255. The van der Waals surface area contributed by atoms with Gasteiger partial charge in [-0.1, -0.05) is 31.9 Å². The van der Waals surface area contributed by atoms with Crippen LogP contribution < -0.4 is 0 Å². The van der Waals surface area contributed by atoms with E-state index >= 15 is 0 Å². The van der Waals surface area contributed by atoms with Gasteiger partial charge in [0.1, 0.15) is 5.78 Å². The maximum atomic E-state index is 11.5. The van der Waals surface area contributed by atoms with Gasteiger partial charge in [-0.25, -0.2) is 6.07 Å². The molecule has 2 nitrogen and oxygen atoms in total. The van der Waals surface area contributed by atoms with Crippen molar-refractivity contribution in [2.45, 2.75) is 26.7 Å². The molecule has 1 aliphatic carbocycles. The second-order valence-corrected chi connectivity index (χ2v) is 3.35. The minimum atomic E-state index is 0. The van der Waals surface area contributed by atoms with Gasteiger partial charge in [0.2, 0.25) is 0 Å². The summed E-state index contributed by atoms with van der Waals surface area (Å²) >= 11 is 0. The Morgan fingerprint density at radius 2 is 2.00 bits per heavy atom. The van der Waals surface area contributed by atoms with Crippen molar-refractivity contribution in [2.24, 2.45) is 0 Å². The van der Waals surface area contributed by atoms with Crippen LogP contribution in [-0.2, 0) is 39.1 Å². The molecule has 0 N–H and O–H groups in total. The molecular formula is C14H17NOY-2. The zero-order chi connectivity index (χ0) is 10.8. The first-order valence-corrected chi connectivity index (χ1v) is 5.40. The Kier molecular flexibility index (Phi) is 6.88. The fourth-order valence-electron chi connectivity index (χ4n) is 1.96. The molecule has 17 heavy (non-hydrogen) atoms. The Labute approximate surface area is 128 Å². The first-order chi connectivity index (χ1) is 7.36. The average molecular weight is 304 g/mol. The summed E-state index contributed by atoms with van der Waals surface area (Å²) in [6.07, 6.45) is 5.32. The number of pyridine rings is 1. The van der Waals surface area contributed by atoms with E-state index in [0.717, 1.165) is 17.5 Å². The van der Waals surface area contributed by atoms with Crippen LogP contribution in [0.5, 0.6) is 0 Å². The number of carbonyl (C=O) groups is 1. The second-order valence-electron chi connectivity index (χ2n) is 3.35. The van der Waals surface area contributed by atoms with Crippen LogP contribution in [0, 0.1) is 13.5 Å². The van der Waals surface area contributed by atoms with E-state index in [-0.39, 0.29) is 45.9 Å². The van der Waals surface area contributed by atoms with Crippen LogP contribution in [0.15, 0.2) is 24.5 Å². The van der Waals surface area contributed by atoms with Crippen LogP contribution >= 0.6 is 0 Å². The third kappa shape index (κ3) is 2.86. The van der Waals surface area contributed by atoms with Gasteiger partial charge >= 0.3 is 0 Å². The molecule has 0 spiro atoms. The number of nitrogens with zero attached hydrogens (tertiary/aromatic N) is 1. The van der Waals surface area contributed by atoms with Crippen molar-refractivity contribution in [3.05, 3.63) is 49.1 Å². The molecule has 2 heterocycles. The van der Waals surface area contributed by atoms with E-state index in [4.69, 9.17) is 0 Å². The molecule has 0 aliphatic heterocycles. The molecule has 0 fully saturated rings. The molecule has 1 radical (unpaired) electrons. The molecule has 0 amide bonds. The van der Waals surface area contributed by atoms with E-state index in [0.29, 0.717) is 6.42 Å². The molecular weight excluding hydrogens is 287 g/mol. The molecule has 3 heteroatoms. The quantitative estimate of drug-likeness (QED) is 0.684. The van der Waals surface area contributed by atoms with E-state index in [9.17, 15) is 4.79 Å². The van der Waals surface area contributed by atoms with Crippen molar-refractivity contribution in [3.8, 4) is 0 Å². The summed E-state index contributed by atoms with van der Waals surface area (Å²) in [6.45, 7) is 4.00. The Bertz CT molecular complexity index is 502. The zero-order valence-electron chi connectivity index (χ0n) is 10.7. The van der Waals surface area contributed by atoms with Gasteiger partial charge < -0.3 is 11.8 Å². The van der Waals surface area contributed by atoms with Gasteiger partial charge in [-0.3, -0.25) is 4.79 Å². The number of aromatic nitrogens is 1. The zero-order valence-corrected chi connectivity index (χ0v) is 13.5. The number of aryl methyl sites for hydroxylation is 1. The van der Waals surface area contributed by atoms with Crippen molar-refractivity contribution in [1.82, 2.24) is 4.40 Å². The summed E-state index contributed by atoms with van der Waals surface area (Å²) < 4.78 is 1.97. The second kappa shape index (κ2) is 7.08. The summed E-state index contributed by atoms with van der Waals surface area (Å²) in [5, 5.41) is 0. The van der Waals surface area contributed by atoms with E-state index in [2.05, 4.69) is 6.07 Å². The molecule has 3 rings (SSSR count). The third-order valence-corrected chi connectivity index (χ3v) is 2.59. The first-order valence-electron chi connectivity index (χ1n) is 5.40. The molecule has 1 aliphatic rings. The summed E-state index contributed by atoms with van der Waals surface area (Å²) in [6, 6.07) is 6.99. The van der Waals surface area contributed by atoms with Crippen molar-refractivity contribution >= 4 is 11.3 Å². The standard InChI is InChI=1S/C11H8NO.C2H6.CH3.Y/c13-10-4-3-8-5-7-12-6-1-2-9(10)11(8)12;1-2;;/h1-2,6-7H,3-4H2;1-2H3;1H3;/q-1;;-1;. The van der Waals surface area contributed by atoms with Crippen LogP contribution in [0.4, 0.5) is 0 Å². The molecule has 0 atom stereocenters. The van der Waals surface area contributed by atoms with Gasteiger partial charge in [0.15, 0.2) is 0 Å². The van der Waals surface area contributed by atoms with Gasteiger partial charge in [0, 0.05) is 39.1 Å². The summed E-state index contributed by atoms with van der Waals surface area (Å²) in [7, 11) is 0. The molecule has 0 saturated carbocycles. The van der Waals surface area contributed by atoms with Gasteiger partial charge in [-0.2, -0.15) is 5.56 Å². The number of hydrogen-bond donors (Lipinski definition) is 0. The van der Waals surface area contributed by atoms with Gasteiger partial charge in [0.05, 0.1) is 0 Å². The fraction of sp³-hybridized carbons (Fsp3) is 0.286. The minimum Gasteiger partial charge on any atom is -0.419 e. The van der Waals surface area contributed by atoms with Gasteiger partial charge in [0.25, 0.3) is 0 Å². The predicted molar refractivity (Wildman–Crippen MR) is 66.6 cm³/mol. The SMILES string of the molecule is CC.O=C1CCc2[c-]cn3cccc1c23.[CH3-].[Y]. The Balaban J connectivity index is 0.000000611. The largest absolute Gasteiger partial charge is 0.419 e. The molecule has 0 bridgehead atoms. The number of carbonyl (C=O) groups excluding carboxylic acids is 1. The first kappa shape index (κ1) is 16.5. The number of Topliss-reactive ketones (excluding diaryl/α,β-unsaturated/α-hetero) is 1. The van der Waals surface area contributed by atoms with E-state index in [1.54, 1.807) is 0 Å². The smallest absolute Gasteiger partial charge is 0.147 e. The van der Waals surface area contributed by atoms with Crippen molar-refractivity contribution in [1.29, 1.82) is 0 Å². The van der Waals surface area contributed by atoms with E-state index in [1.807, 2.05) is 42.8 Å². The summed E-state index contributed by atoms with van der Waals surface area (Å²) in [4.78, 5) is 11.5. The maximum Gasteiger partial charge on any atom is 0.147 e. The fourth-order valence-corrected chi connectivity index (χ4v) is 1.96. The predicted octanol–water partition coefficient (Wildman–Crippen LogP) is 3.34. The van der Waals surface area contributed by atoms with Crippen LogP contribution in [0.2, 0.25) is 0 Å². The molecule has 0 unspecified atom stereocenters. The van der Waals surface area contributed by atoms with Crippen LogP contribution in [0.25, 0.3) is 5.52 Å². The number of rotatable bonds is 0. The Hall–Kier alpha value is -0.466. The van der Waals surface area contributed by atoms with Crippen molar-refractivity contribution in [2.75, 3.05) is 0 Å². The number of ketones is 1. The molecule has 89 valence electrons. The molecule has 0 aromatic carbocycles. The summed E-state index contributed by atoms with van der Waals surface area (Å²) in [5.41, 5.74) is 3.08. The molecule has 2 aromatic rings. The van der Waals surface area contributed by atoms with Gasteiger partial charge in [-0.15, -0.1) is 6.20 Å². The minimum absolute atomic E-state index is 0. The van der Waals surface area contributed by atoms with Crippen LogP contribution in [0.1, 0.15) is 36.2 Å². The van der Waals surface area contributed by atoms with Crippen LogP contribution in [-0.4, -0.2) is 10.2 Å². The molecule has 2 aromatic heterocycles. The number of hydrogen-bond acceptors (Lipinski definition) is 1. The monoisotopic (exact) mass is 304 g/mol. The Morgan fingerprint density at radius 1 is 1.29 bits per heavy atom. The topological polar surface area (TPSA) is 21.5 Å².